The molecular weight excluding hydrogens is 665 g/mol. The highest BCUT2D eigenvalue weighted by molar-refractivity contribution is 8.01. The van der Waals surface area contributed by atoms with Gasteiger partial charge in [0.15, 0.2) is 22.3 Å². The Kier molecular flexibility index (Phi) is 9.21. The number of nitrogens with two attached hydrogens (primary N) is 2. The van der Waals surface area contributed by atoms with Crippen molar-refractivity contribution >= 4 is 75.3 Å². The highest BCUT2D eigenvalue weighted by Crippen LogP contribution is 2.41. The summed E-state index contributed by atoms with van der Waals surface area (Å²) >= 11 is 3.41. The van der Waals surface area contributed by atoms with Crippen molar-refractivity contribution in [2.24, 2.45) is 12.2 Å². The molecular formula is C26H24N8O9S3. The second-order valence-electron chi connectivity index (χ2n) is 9.72. The van der Waals surface area contributed by atoms with Gasteiger partial charge in [0.2, 0.25) is 11.9 Å². The number of amides is 2. The molecule has 2 aromatic heterocycles. The number of aromatic hydroxyl groups is 2. The molecule has 20 heteroatoms. The van der Waals surface area contributed by atoms with Crippen LogP contribution in [0.5, 0.6) is 11.5 Å². The summed E-state index contributed by atoms with van der Waals surface area (Å²) in [4.78, 5) is 65.2. The molecule has 2 aliphatic rings. The van der Waals surface area contributed by atoms with Crippen LogP contribution in [0.3, 0.4) is 0 Å². The van der Waals surface area contributed by atoms with Crippen LogP contribution in [0, 0.1) is 0 Å². The molecule has 0 bridgehead atoms. The van der Waals surface area contributed by atoms with Crippen LogP contribution in [0.25, 0.3) is 0 Å². The van der Waals surface area contributed by atoms with Crippen LogP contribution >= 0.6 is 34.9 Å². The third kappa shape index (κ3) is 6.48. The summed E-state index contributed by atoms with van der Waals surface area (Å²) in [6.45, 7) is 0. The number of aromatic nitrogens is 3. The monoisotopic (exact) mass is 688 g/mol. The van der Waals surface area contributed by atoms with Gasteiger partial charge < -0.3 is 46.8 Å². The number of thiazole rings is 1. The first-order chi connectivity index (χ1) is 21.8. The smallest absolute Gasteiger partial charge is 0.361 e. The minimum absolute atomic E-state index is 0.0543. The van der Waals surface area contributed by atoms with Gasteiger partial charge in [-0.3, -0.25) is 14.5 Å². The predicted molar refractivity (Wildman–Crippen MR) is 162 cm³/mol. The molecule has 240 valence electrons. The van der Waals surface area contributed by atoms with E-state index >= 15 is 0 Å². The van der Waals surface area contributed by atoms with Gasteiger partial charge in [0.05, 0.1) is 24.9 Å². The Morgan fingerprint density at radius 1 is 1.26 bits per heavy atom. The highest BCUT2D eigenvalue weighted by atomic mass is 32.2. The number of anilines is 2. The number of thioether (sulfide) groups is 2. The first-order valence-electron chi connectivity index (χ1n) is 13.0. The second-order valence-corrected chi connectivity index (χ2v) is 12.7. The minimum Gasteiger partial charge on any atom is -0.543 e. The number of nitrogens with one attached hydrogen (secondary N) is 1. The van der Waals surface area contributed by atoms with Gasteiger partial charge in [-0.2, -0.15) is 0 Å². The number of carboxylic acid groups (broad SMARTS) is 2. The zero-order valence-electron chi connectivity index (χ0n) is 23.5. The first kappa shape index (κ1) is 32.3. The molecule has 5 rings (SSSR count). The molecule has 2 amide bonds. The summed E-state index contributed by atoms with van der Waals surface area (Å²) in [5, 5.41) is 48.6. The number of carboxylic acids is 2. The molecule has 2 aliphatic heterocycles. The Hall–Kier alpha value is -5.08. The highest BCUT2D eigenvalue weighted by Gasteiger charge is 2.53. The standard InChI is InChI=1S/C26H24N8O9S3/c1-33-5-4-15(27)30-26(33)46-8-11-7-44-22-17(21(38)34(22)18(11)23(39)40)31-20(37)16(12-9-45-25(28)29-12)32-43-19(24(41)42)10-2-3-13(35)14(36)6-10/h2-6,9,17,19,22,27H,7-8H2,1H3,(H7,28,29,31,32,35,36,37,39,40,41,42). The molecule has 3 aromatic rings. The van der Waals surface area contributed by atoms with Gasteiger partial charge in [0.25, 0.3) is 11.8 Å². The lowest BCUT2D eigenvalue weighted by molar-refractivity contribution is -0.713. The number of nitrogens with zero attached hydrogens (tertiary/aromatic N) is 5. The van der Waals surface area contributed by atoms with Crippen molar-refractivity contribution in [3.8, 4) is 11.5 Å². The summed E-state index contributed by atoms with van der Waals surface area (Å²) in [5.41, 5.74) is 10.9. The normalized spacial score (nSPS) is 18.4. The molecule has 1 aromatic carbocycles. The molecule has 3 unspecified atom stereocenters. The van der Waals surface area contributed by atoms with E-state index in [0.717, 1.165) is 28.4 Å². The summed E-state index contributed by atoms with van der Waals surface area (Å²) in [5.74, 6) is -5.24. The number of hydrogen-bond donors (Lipinski definition) is 6. The van der Waals surface area contributed by atoms with Crippen molar-refractivity contribution in [1.82, 2.24) is 20.2 Å². The Morgan fingerprint density at radius 2 is 2.02 bits per heavy atom. The Balaban J connectivity index is 1.35. The number of carbonyl (C=O) groups is 4. The zero-order chi connectivity index (χ0) is 33.3. The van der Waals surface area contributed by atoms with Gasteiger partial charge in [-0.25, -0.2) is 14.3 Å². The Bertz CT molecular complexity index is 1810. The number of phenols is 2. The Labute approximate surface area is 271 Å². The van der Waals surface area contributed by atoms with Gasteiger partial charge in [-0.15, -0.1) is 23.1 Å². The number of rotatable bonds is 11. The van der Waals surface area contributed by atoms with E-state index in [0.29, 0.717) is 10.7 Å². The van der Waals surface area contributed by atoms with E-state index in [2.05, 4.69) is 20.4 Å². The van der Waals surface area contributed by atoms with Crippen molar-refractivity contribution in [2.75, 3.05) is 23.0 Å². The number of β-lactam (4-membered cyclic amide) rings is 1. The van der Waals surface area contributed by atoms with Crippen LogP contribution in [0.2, 0.25) is 0 Å². The number of nitrogen functional groups attached to an aromatic ring is 2. The van der Waals surface area contributed by atoms with Crippen molar-refractivity contribution in [1.29, 1.82) is 0 Å². The molecule has 0 spiro atoms. The second kappa shape index (κ2) is 13.1. The quantitative estimate of drug-likeness (QED) is 0.0259. The molecule has 1 saturated heterocycles. The lowest BCUT2D eigenvalue weighted by Gasteiger charge is -2.50. The van der Waals surface area contributed by atoms with E-state index in [-0.39, 0.29) is 39.4 Å². The first-order valence-corrected chi connectivity index (χ1v) is 15.9. The van der Waals surface area contributed by atoms with Gasteiger partial charge >= 0.3 is 11.1 Å². The summed E-state index contributed by atoms with van der Waals surface area (Å²) < 4.78 is 1.71. The molecule has 1 fully saturated rings. The van der Waals surface area contributed by atoms with Crippen LogP contribution in [-0.4, -0.2) is 82.6 Å². The fraction of sp³-hybridized carbons (Fsp3) is 0.231. The van der Waals surface area contributed by atoms with Crippen LogP contribution in [-0.2, 0) is 31.1 Å². The van der Waals surface area contributed by atoms with Gasteiger partial charge in [-0.1, -0.05) is 11.2 Å². The maximum absolute atomic E-state index is 13.4. The maximum atomic E-state index is 13.4. The predicted octanol–water partition coefficient (Wildman–Crippen LogP) is -1.32. The summed E-state index contributed by atoms with van der Waals surface area (Å²) in [7, 11) is 1.75. The van der Waals surface area contributed by atoms with Crippen molar-refractivity contribution < 1.29 is 49.0 Å². The van der Waals surface area contributed by atoms with E-state index in [4.69, 9.17) is 16.3 Å². The van der Waals surface area contributed by atoms with Crippen LogP contribution < -0.4 is 26.5 Å². The summed E-state index contributed by atoms with van der Waals surface area (Å²) in [6.07, 6.45) is -0.115. The molecule has 0 saturated carbocycles. The summed E-state index contributed by atoms with van der Waals surface area (Å²) in [6, 6.07) is 3.60. The maximum Gasteiger partial charge on any atom is 0.361 e. The molecule has 3 atom stereocenters. The molecule has 17 nitrogen and oxygen atoms in total. The average Bonchev–Trinajstić information content (AvgIpc) is 3.44. The number of phenolic OH excluding ortho intramolecular Hbond substituents is 2. The fourth-order valence-corrected chi connectivity index (χ4v) is 7.41. The van der Waals surface area contributed by atoms with E-state index in [1.165, 1.54) is 35.0 Å². The molecule has 8 N–H and O–H groups in total. The van der Waals surface area contributed by atoms with Crippen LogP contribution in [0.15, 0.2) is 57.4 Å². The van der Waals surface area contributed by atoms with Gasteiger partial charge in [0, 0.05) is 28.5 Å². The number of benzene rings is 1. The molecule has 0 radical (unpaired) electrons. The Morgan fingerprint density at radius 3 is 2.67 bits per heavy atom. The molecule has 0 aliphatic carbocycles. The van der Waals surface area contributed by atoms with E-state index in [9.17, 15) is 39.6 Å². The van der Waals surface area contributed by atoms with Crippen molar-refractivity contribution in [3.63, 3.8) is 0 Å². The van der Waals surface area contributed by atoms with Crippen LogP contribution in [0.1, 0.15) is 17.4 Å². The minimum atomic E-state index is -1.82. The lowest BCUT2D eigenvalue weighted by atomic mass is 10.0. The van der Waals surface area contributed by atoms with Gasteiger partial charge in [0.1, 0.15) is 17.1 Å². The number of carbonyl (C=O) groups excluding carboxylic acids is 3. The number of hydrogen-bond acceptors (Lipinski definition) is 16. The van der Waals surface area contributed by atoms with E-state index < -0.39 is 58.5 Å². The van der Waals surface area contributed by atoms with E-state index in [1.54, 1.807) is 23.9 Å². The third-order valence-corrected chi connectivity index (χ3v) is 9.80. The largest absolute Gasteiger partial charge is 0.543 e. The molecule has 4 heterocycles. The fourth-order valence-electron chi connectivity index (χ4n) is 4.42. The van der Waals surface area contributed by atoms with Gasteiger partial charge in [-0.05, 0) is 34.5 Å². The van der Waals surface area contributed by atoms with Crippen molar-refractivity contribution in [3.05, 3.63) is 58.4 Å². The third-order valence-electron chi connectivity index (χ3n) is 6.65. The molecule has 46 heavy (non-hydrogen) atoms. The SMILES string of the molecule is C[n+]1ccc(N)nc1SCC1=C(C(=O)[O-])N2C(=O)C(NC(=O)/C(=N\OC(C(=O)O)c3ccc(O)c(O)c3)c3csc(N)n3)C2SC1. The number of aryl methyl sites for hydroxylation is 1. The van der Waals surface area contributed by atoms with Crippen LogP contribution in [0.4, 0.5) is 10.9 Å². The van der Waals surface area contributed by atoms with Crippen molar-refractivity contribution in [2.45, 2.75) is 22.7 Å². The zero-order valence-corrected chi connectivity index (χ0v) is 26.0. The average molecular weight is 689 g/mol. The number of fused-ring (bicyclic) bond motifs is 1. The number of oxime groups is 1. The topological polar surface area (TPSA) is 271 Å². The number of aliphatic carboxylic acids is 2. The van der Waals surface area contributed by atoms with E-state index in [1.807, 2.05) is 0 Å². The lowest BCUT2D eigenvalue weighted by Crippen LogP contribution is -2.71.